The predicted molar refractivity (Wildman–Crippen MR) is 79.7 cm³/mol. The maximum Gasteiger partial charge on any atom is 0.339 e. The van der Waals surface area contributed by atoms with Crippen LogP contribution in [0, 0.1) is 0 Å². The summed E-state index contributed by atoms with van der Waals surface area (Å²) in [5.74, 6) is 0. The second-order valence-corrected chi connectivity index (χ2v) is 4.63. The average molecular weight is 262 g/mol. The van der Waals surface area contributed by atoms with Crippen LogP contribution in [0.4, 0.5) is 0 Å². The van der Waals surface area contributed by atoms with Crippen molar-refractivity contribution in [2.24, 2.45) is 0 Å². The Balaban J connectivity index is 2.03. The first-order valence-electron chi connectivity index (χ1n) is 6.54. The molecule has 20 heavy (non-hydrogen) atoms. The molecule has 0 bridgehead atoms. The molecule has 1 aromatic heterocycles. The van der Waals surface area contributed by atoms with Crippen molar-refractivity contribution in [2.45, 2.75) is 6.42 Å². The number of rotatable bonds is 3. The maximum atomic E-state index is 11.7. The number of benzene rings is 2. The van der Waals surface area contributed by atoms with E-state index in [1.807, 2.05) is 36.4 Å². The fourth-order valence-electron chi connectivity index (χ4n) is 2.31. The smallest absolute Gasteiger partial charge is 0.339 e. The number of hydrogen-bond donors (Lipinski definition) is 0. The molecule has 0 saturated heterocycles. The Hall–Kier alpha value is -2.61. The standard InChI is InChI=1S/C18H14O2/c19-18-16(10-6-12-20-18)13-15-9-4-5-11-17(15)14-7-2-1-3-8-14/h1-12H,13H2. The normalized spacial score (nSPS) is 10.4. The van der Waals surface area contributed by atoms with Gasteiger partial charge in [-0.1, -0.05) is 54.6 Å². The first kappa shape index (κ1) is 12.4. The summed E-state index contributed by atoms with van der Waals surface area (Å²) < 4.78 is 4.92. The van der Waals surface area contributed by atoms with Gasteiger partial charge in [-0.05, 0) is 28.8 Å². The van der Waals surface area contributed by atoms with E-state index in [4.69, 9.17) is 4.42 Å². The molecule has 0 atom stereocenters. The predicted octanol–water partition coefficient (Wildman–Crippen LogP) is 3.90. The number of hydrogen-bond acceptors (Lipinski definition) is 2. The molecular weight excluding hydrogens is 248 g/mol. The van der Waals surface area contributed by atoms with E-state index in [2.05, 4.69) is 24.3 Å². The van der Waals surface area contributed by atoms with Crippen LogP contribution in [0.1, 0.15) is 11.1 Å². The van der Waals surface area contributed by atoms with Gasteiger partial charge < -0.3 is 4.42 Å². The molecule has 0 saturated carbocycles. The van der Waals surface area contributed by atoms with E-state index < -0.39 is 0 Å². The summed E-state index contributed by atoms with van der Waals surface area (Å²) in [6.07, 6.45) is 1.99. The van der Waals surface area contributed by atoms with E-state index in [1.165, 1.54) is 6.26 Å². The molecule has 3 aromatic rings. The van der Waals surface area contributed by atoms with Gasteiger partial charge >= 0.3 is 5.63 Å². The molecule has 0 aliphatic carbocycles. The van der Waals surface area contributed by atoms with Crippen LogP contribution in [0.2, 0.25) is 0 Å². The third-order valence-corrected chi connectivity index (χ3v) is 3.30. The van der Waals surface area contributed by atoms with E-state index in [0.717, 1.165) is 16.7 Å². The lowest BCUT2D eigenvalue weighted by Crippen LogP contribution is -2.07. The SMILES string of the molecule is O=c1occcc1Cc1ccccc1-c1ccccc1. The quantitative estimate of drug-likeness (QED) is 0.716. The van der Waals surface area contributed by atoms with E-state index >= 15 is 0 Å². The average Bonchev–Trinajstić information content (AvgIpc) is 2.51. The third-order valence-electron chi connectivity index (χ3n) is 3.30. The molecule has 0 N–H and O–H groups in total. The first-order valence-corrected chi connectivity index (χ1v) is 6.54. The summed E-state index contributed by atoms with van der Waals surface area (Å²) in [4.78, 5) is 11.7. The molecule has 0 amide bonds. The lowest BCUT2D eigenvalue weighted by Gasteiger charge is -2.09. The molecule has 0 radical (unpaired) electrons. The lowest BCUT2D eigenvalue weighted by molar-refractivity contribution is 0.503. The van der Waals surface area contributed by atoms with Crippen LogP contribution < -0.4 is 5.63 Å². The fraction of sp³-hybridized carbons (Fsp3) is 0.0556. The van der Waals surface area contributed by atoms with Gasteiger partial charge in [-0.25, -0.2) is 4.79 Å². The van der Waals surface area contributed by atoms with Crippen molar-refractivity contribution in [1.82, 2.24) is 0 Å². The van der Waals surface area contributed by atoms with Crippen LogP contribution in [0.5, 0.6) is 0 Å². The van der Waals surface area contributed by atoms with Gasteiger partial charge in [-0.3, -0.25) is 0 Å². The Bertz CT molecular complexity index is 757. The Morgan fingerprint density at radius 1 is 0.750 bits per heavy atom. The van der Waals surface area contributed by atoms with Crippen LogP contribution >= 0.6 is 0 Å². The van der Waals surface area contributed by atoms with E-state index in [0.29, 0.717) is 12.0 Å². The van der Waals surface area contributed by atoms with Crippen molar-refractivity contribution in [3.05, 3.63) is 94.5 Å². The monoisotopic (exact) mass is 262 g/mol. The minimum atomic E-state index is -0.268. The van der Waals surface area contributed by atoms with Gasteiger partial charge in [0.1, 0.15) is 0 Å². The first-order chi connectivity index (χ1) is 9.84. The van der Waals surface area contributed by atoms with Crippen LogP contribution in [0.15, 0.2) is 82.2 Å². The Labute approximate surface area is 117 Å². The topological polar surface area (TPSA) is 30.2 Å². The van der Waals surface area contributed by atoms with Gasteiger partial charge in [-0.2, -0.15) is 0 Å². The molecule has 0 unspecified atom stereocenters. The van der Waals surface area contributed by atoms with E-state index in [-0.39, 0.29) is 5.63 Å². The molecule has 98 valence electrons. The largest absolute Gasteiger partial charge is 0.431 e. The van der Waals surface area contributed by atoms with Crippen molar-refractivity contribution in [2.75, 3.05) is 0 Å². The van der Waals surface area contributed by atoms with Gasteiger partial charge in [0.25, 0.3) is 0 Å². The maximum absolute atomic E-state index is 11.7. The van der Waals surface area contributed by atoms with E-state index in [9.17, 15) is 4.79 Å². The third kappa shape index (κ3) is 2.54. The second kappa shape index (κ2) is 5.57. The van der Waals surface area contributed by atoms with E-state index in [1.54, 1.807) is 6.07 Å². The zero-order valence-corrected chi connectivity index (χ0v) is 11.0. The van der Waals surface area contributed by atoms with Crippen molar-refractivity contribution >= 4 is 0 Å². The highest BCUT2D eigenvalue weighted by atomic mass is 16.4. The van der Waals surface area contributed by atoms with Crippen LogP contribution in [0.25, 0.3) is 11.1 Å². The molecule has 0 aliphatic rings. The summed E-state index contributed by atoms with van der Waals surface area (Å²) in [5.41, 5.74) is 3.84. The molecular formula is C18H14O2. The van der Waals surface area contributed by atoms with Gasteiger partial charge in [0.15, 0.2) is 0 Å². The highest BCUT2D eigenvalue weighted by molar-refractivity contribution is 5.67. The molecule has 1 heterocycles. The van der Waals surface area contributed by atoms with Crippen molar-refractivity contribution in [1.29, 1.82) is 0 Å². The summed E-state index contributed by atoms with van der Waals surface area (Å²) in [7, 11) is 0. The highest BCUT2D eigenvalue weighted by Gasteiger charge is 2.07. The molecule has 3 rings (SSSR count). The summed E-state index contributed by atoms with van der Waals surface area (Å²) in [6, 6.07) is 21.9. The van der Waals surface area contributed by atoms with Gasteiger partial charge in [0.2, 0.25) is 0 Å². The Morgan fingerprint density at radius 3 is 2.25 bits per heavy atom. The minimum absolute atomic E-state index is 0.268. The fourth-order valence-corrected chi connectivity index (χ4v) is 2.31. The molecule has 0 fully saturated rings. The van der Waals surface area contributed by atoms with Crippen LogP contribution in [-0.4, -0.2) is 0 Å². The molecule has 2 aromatic carbocycles. The van der Waals surface area contributed by atoms with Gasteiger partial charge in [-0.15, -0.1) is 0 Å². The van der Waals surface area contributed by atoms with Crippen LogP contribution in [0.3, 0.4) is 0 Å². The van der Waals surface area contributed by atoms with Crippen molar-refractivity contribution in [3.8, 4) is 11.1 Å². The molecule has 0 aliphatic heterocycles. The Kier molecular flexibility index (Phi) is 3.46. The van der Waals surface area contributed by atoms with Crippen LogP contribution in [-0.2, 0) is 6.42 Å². The second-order valence-electron chi connectivity index (χ2n) is 4.63. The summed E-state index contributed by atoms with van der Waals surface area (Å²) in [6.45, 7) is 0. The summed E-state index contributed by atoms with van der Waals surface area (Å²) >= 11 is 0. The zero-order valence-electron chi connectivity index (χ0n) is 11.0. The van der Waals surface area contributed by atoms with Gasteiger partial charge in [0, 0.05) is 12.0 Å². The zero-order chi connectivity index (χ0) is 13.8. The lowest BCUT2D eigenvalue weighted by atomic mass is 9.96. The summed E-state index contributed by atoms with van der Waals surface area (Å²) in [5, 5.41) is 0. The van der Waals surface area contributed by atoms with Crippen molar-refractivity contribution < 1.29 is 4.42 Å². The molecule has 2 heteroatoms. The van der Waals surface area contributed by atoms with Crippen molar-refractivity contribution in [3.63, 3.8) is 0 Å². The molecule has 0 spiro atoms. The molecule has 2 nitrogen and oxygen atoms in total. The highest BCUT2D eigenvalue weighted by Crippen LogP contribution is 2.24. The van der Waals surface area contributed by atoms with Gasteiger partial charge in [0.05, 0.1) is 6.26 Å². The Morgan fingerprint density at radius 2 is 1.45 bits per heavy atom. The minimum Gasteiger partial charge on any atom is -0.431 e.